The van der Waals surface area contributed by atoms with Crippen LogP contribution in [0.5, 0.6) is 0 Å². The van der Waals surface area contributed by atoms with E-state index < -0.39 is 0 Å². The molecule has 3 heterocycles. The van der Waals surface area contributed by atoms with E-state index in [4.69, 9.17) is 0 Å². The maximum absolute atomic E-state index is 13.6. The number of rotatable bonds is 4. The quantitative estimate of drug-likeness (QED) is 0.837. The average molecular weight is 357 g/mol. The number of halogens is 1. The molecule has 1 fully saturated rings. The number of benzene rings is 1. The van der Waals surface area contributed by atoms with E-state index in [2.05, 4.69) is 10.0 Å². The number of amides is 1. The molecule has 0 saturated carbocycles. The van der Waals surface area contributed by atoms with Crippen molar-refractivity contribution in [3.8, 4) is 0 Å². The number of thiophene rings is 1. The second-order valence-electron chi connectivity index (χ2n) is 6.51. The Bertz CT molecular complexity index is 784. The van der Waals surface area contributed by atoms with Gasteiger partial charge in [0.1, 0.15) is 5.82 Å². The van der Waals surface area contributed by atoms with Crippen LogP contribution < -0.4 is 0 Å². The number of hydrogen-bond acceptors (Lipinski definition) is 4. The van der Waals surface area contributed by atoms with Crippen molar-refractivity contribution in [3.05, 3.63) is 58.0 Å². The predicted octanol–water partition coefficient (Wildman–Crippen LogP) is 3.66. The normalized spacial score (nSPS) is 20.9. The van der Waals surface area contributed by atoms with Crippen molar-refractivity contribution in [2.75, 3.05) is 19.6 Å². The molecule has 0 radical (unpaired) electrons. The highest BCUT2D eigenvalue weighted by atomic mass is 32.1. The van der Waals surface area contributed by atoms with Gasteiger partial charge in [0.05, 0.1) is 18.3 Å². The van der Waals surface area contributed by atoms with Gasteiger partial charge >= 0.3 is 0 Å². The van der Waals surface area contributed by atoms with Gasteiger partial charge in [-0.1, -0.05) is 18.2 Å². The summed E-state index contributed by atoms with van der Waals surface area (Å²) in [7, 11) is 0. The van der Waals surface area contributed by atoms with Crippen molar-refractivity contribution in [2.45, 2.75) is 25.3 Å². The molecule has 4 nitrogen and oxygen atoms in total. The topological polar surface area (TPSA) is 35.9 Å². The Kier molecular flexibility index (Phi) is 4.63. The molecule has 1 amide bonds. The van der Waals surface area contributed by atoms with Gasteiger partial charge < -0.3 is 0 Å². The fourth-order valence-electron chi connectivity index (χ4n) is 3.49. The first-order valence-corrected chi connectivity index (χ1v) is 9.50. The fourth-order valence-corrected chi connectivity index (χ4v) is 4.30. The van der Waals surface area contributed by atoms with E-state index >= 15 is 0 Å². The summed E-state index contributed by atoms with van der Waals surface area (Å²) >= 11 is 1.63. The maximum atomic E-state index is 13.6. The minimum absolute atomic E-state index is 0.0201. The zero-order chi connectivity index (χ0) is 17.2. The van der Waals surface area contributed by atoms with E-state index in [1.807, 2.05) is 23.6 Å². The van der Waals surface area contributed by atoms with E-state index in [-0.39, 0.29) is 17.8 Å². The minimum Gasteiger partial charge on any atom is -0.294 e. The number of carbonyl (C=O) groups is 1. The van der Waals surface area contributed by atoms with Gasteiger partial charge in [0.15, 0.2) is 0 Å². The molecule has 130 valence electrons. The van der Waals surface area contributed by atoms with Crippen molar-refractivity contribution in [2.24, 2.45) is 5.10 Å². The van der Waals surface area contributed by atoms with Crippen molar-refractivity contribution < 1.29 is 9.18 Å². The Morgan fingerprint density at radius 3 is 2.80 bits per heavy atom. The summed E-state index contributed by atoms with van der Waals surface area (Å²) in [5, 5.41) is 8.22. The molecule has 2 aliphatic rings. The zero-order valence-corrected chi connectivity index (χ0v) is 14.7. The lowest BCUT2D eigenvalue weighted by molar-refractivity contribution is -0.133. The lowest BCUT2D eigenvalue weighted by Crippen LogP contribution is -2.36. The first kappa shape index (κ1) is 16.4. The molecule has 0 bridgehead atoms. The Balaban J connectivity index is 1.60. The molecule has 25 heavy (non-hydrogen) atoms. The van der Waals surface area contributed by atoms with Crippen molar-refractivity contribution in [1.29, 1.82) is 0 Å². The summed E-state index contributed by atoms with van der Waals surface area (Å²) in [6, 6.07) is 10.4. The van der Waals surface area contributed by atoms with Gasteiger partial charge in [-0.2, -0.15) is 5.10 Å². The molecule has 2 aromatic rings. The van der Waals surface area contributed by atoms with E-state index in [9.17, 15) is 9.18 Å². The monoisotopic (exact) mass is 357 g/mol. The SMILES string of the molecule is O=C(CN1CCCC1)N1N=C(c2cccc(F)c2)CC1c1cccs1. The number of carbonyl (C=O) groups excluding carboxylic acids is 1. The summed E-state index contributed by atoms with van der Waals surface area (Å²) in [6.45, 7) is 2.36. The van der Waals surface area contributed by atoms with Crippen LogP contribution in [0.3, 0.4) is 0 Å². The first-order valence-electron chi connectivity index (χ1n) is 8.62. The molecular weight excluding hydrogens is 337 g/mol. The van der Waals surface area contributed by atoms with E-state index in [0.29, 0.717) is 13.0 Å². The fraction of sp³-hybridized carbons (Fsp3) is 0.368. The highest BCUT2D eigenvalue weighted by molar-refractivity contribution is 7.10. The van der Waals surface area contributed by atoms with Crippen LogP contribution in [0.1, 0.15) is 35.7 Å². The molecule has 0 spiro atoms. The third-order valence-corrected chi connectivity index (χ3v) is 5.73. The lowest BCUT2D eigenvalue weighted by atomic mass is 10.0. The van der Waals surface area contributed by atoms with Gasteiger partial charge in [0.25, 0.3) is 5.91 Å². The molecule has 2 aliphatic heterocycles. The van der Waals surface area contributed by atoms with Crippen LogP contribution in [-0.4, -0.2) is 41.2 Å². The van der Waals surface area contributed by atoms with Gasteiger partial charge in [-0.05, 0) is 49.5 Å². The summed E-state index contributed by atoms with van der Waals surface area (Å²) in [5.74, 6) is -0.263. The number of hydrazone groups is 1. The Morgan fingerprint density at radius 1 is 1.24 bits per heavy atom. The molecule has 0 N–H and O–H groups in total. The van der Waals surface area contributed by atoms with Crippen LogP contribution in [0.4, 0.5) is 4.39 Å². The highest BCUT2D eigenvalue weighted by Gasteiger charge is 2.34. The van der Waals surface area contributed by atoms with Crippen molar-refractivity contribution in [3.63, 3.8) is 0 Å². The molecule has 1 aromatic carbocycles. The lowest BCUT2D eigenvalue weighted by Gasteiger charge is -2.23. The van der Waals surface area contributed by atoms with Gasteiger partial charge in [0, 0.05) is 16.9 Å². The first-order chi connectivity index (χ1) is 12.2. The van der Waals surface area contributed by atoms with Crippen molar-refractivity contribution in [1.82, 2.24) is 9.91 Å². The van der Waals surface area contributed by atoms with Gasteiger partial charge in [-0.25, -0.2) is 9.40 Å². The second-order valence-corrected chi connectivity index (χ2v) is 7.49. The Labute approximate surface area is 150 Å². The average Bonchev–Trinajstić information content (AvgIpc) is 3.35. The summed E-state index contributed by atoms with van der Waals surface area (Å²) in [6.07, 6.45) is 2.93. The molecule has 1 saturated heterocycles. The Hall–Kier alpha value is -2.05. The number of likely N-dealkylation sites (tertiary alicyclic amines) is 1. The van der Waals surface area contributed by atoms with Gasteiger partial charge in [0.2, 0.25) is 0 Å². The smallest absolute Gasteiger partial charge is 0.257 e. The van der Waals surface area contributed by atoms with E-state index in [0.717, 1.165) is 42.1 Å². The second kappa shape index (κ2) is 7.06. The number of nitrogens with zero attached hydrogens (tertiary/aromatic N) is 3. The maximum Gasteiger partial charge on any atom is 0.257 e. The minimum atomic E-state index is -0.283. The van der Waals surface area contributed by atoms with Gasteiger partial charge in [-0.15, -0.1) is 11.3 Å². The molecule has 1 atom stereocenters. The van der Waals surface area contributed by atoms with E-state index in [1.165, 1.54) is 12.1 Å². The summed E-state index contributed by atoms with van der Waals surface area (Å²) < 4.78 is 13.6. The predicted molar refractivity (Wildman–Crippen MR) is 97.1 cm³/mol. The van der Waals surface area contributed by atoms with Crippen molar-refractivity contribution >= 4 is 23.0 Å². The molecule has 4 rings (SSSR count). The molecule has 0 aliphatic carbocycles. The van der Waals surface area contributed by atoms with Crippen LogP contribution >= 0.6 is 11.3 Å². The van der Waals surface area contributed by atoms with Crippen LogP contribution in [0.15, 0.2) is 46.9 Å². The third kappa shape index (κ3) is 3.50. The standard InChI is InChI=1S/C19H20FN3OS/c20-15-6-3-5-14(11-15)16-12-17(18-7-4-10-25-18)23(21-16)19(24)13-22-8-1-2-9-22/h3-7,10-11,17H,1-2,8-9,12-13H2. The van der Waals surface area contributed by atoms with Crippen LogP contribution in [0, 0.1) is 5.82 Å². The Morgan fingerprint density at radius 2 is 2.08 bits per heavy atom. The zero-order valence-electron chi connectivity index (χ0n) is 13.9. The van der Waals surface area contributed by atoms with Gasteiger partial charge in [-0.3, -0.25) is 9.69 Å². The third-order valence-electron chi connectivity index (χ3n) is 4.75. The highest BCUT2D eigenvalue weighted by Crippen LogP contribution is 2.35. The van der Waals surface area contributed by atoms with Crippen LogP contribution in [-0.2, 0) is 4.79 Å². The largest absolute Gasteiger partial charge is 0.294 e. The molecule has 6 heteroatoms. The molecular formula is C19H20FN3OS. The van der Waals surface area contributed by atoms with Crippen LogP contribution in [0.25, 0.3) is 0 Å². The number of hydrogen-bond donors (Lipinski definition) is 0. The summed E-state index contributed by atoms with van der Waals surface area (Å²) in [5.41, 5.74) is 1.52. The van der Waals surface area contributed by atoms with E-state index in [1.54, 1.807) is 22.4 Å². The molecule has 1 unspecified atom stereocenters. The van der Waals surface area contributed by atoms with Crippen LogP contribution in [0.2, 0.25) is 0 Å². The molecule has 1 aromatic heterocycles. The summed E-state index contributed by atoms with van der Waals surface area (Å²) in [4.78, 5) is 16.2.